The lowest BCUT2D eigenvalue weighted by atomic mass is 9.91. The van der Waals surface area contributed by atoms with Crippen LogP contribution < -0.4 is 25.2 Å². The number of ether oxygens (including phenoxy) is 1. The molecule has 10 rings (SSSR count). The summed E-state index contributed by atoms with van der Waals surface area (Å²) in [6.45, 7) is 28.8. The van der Waals surface area contributed by atoms with Gasteiger partial charge in [-0.05, 0) is 108 Å². The molecule has 2 aromatic carbocycles. The number of rotatable bonds is 14. The van der Waals surface area contributed by atoms with Crippen molar-refractivity contribution in [3.8, 4) is 5.75 Å². The fraction of sp³-hybridized carbons (Fsp3) is 0.533. The van der Waals surface area contributed by atoms with Gasteiger partial charge in [-0.15, -0.1) is 11.8 Å². The van der Waals surface area contributed by atoms with Crippen LogP contribution in [0, 0.1) is 25.6 Å². The maximum Gasteiger partial charge on any atom is 0.257 e. The number of aldehydes is 1. The Bertz CT molecular complexity index is 2980. The van der Waals surface area contributed by atoms with Crippen LogP contribution in [0.4, 0.5) is 27.7 Å². The van der Waals surface area contributed by atoms with Crippen molar-refractivity contribution in [3.05, 3.63) is 107 Å². The van der Waals surface area contributed by atoms with Gasteiger partial charge in [0.2, 0.25) is 5.95 Å². The van der Waals surface area contributed by atoms with Crippen molar-refractivity contribution < 1.29 is 18.7 Å². The maximum atomic E-state index is 13.0. The van der Waals surface area contributed by atoms with Crippen molar-refractivity contribution in [1.29, 1.82) is 0 Å². The molecule has 2 atom stereocenters. The van der Waals surface area contributed by atoms with E-state index in [2.05, 4.69) is 140 Å². The highest BCUT2D eigenvalue weighted by molar-refractivity contribution is 8.00. The molecule has 0 bridgehead atoms. The highest BCUT2D eigenvalue weighted by Gasteiger charge is 2.35. The number of hydrogen-bond donors (Lipinski definition) is 3. The summed E-state index contributed by atoms with van der Waals surface area (Å²) in [4.78, 5) is 58.0. The van der Waals surface area contributed by atoms with E-state index in [0.717, 1.165) is 147 Å². The minimum Gasteiger partial charge on any atom is -0.492 e. The van der Waals surface area contributed by atoms with Crippen LogP contribution in [0.3, 0.4) is 0 Å². The molecule has 1 unspecified atom stereocenters. The van der Waals surface area contributed by atoms with Crippen molar-refractivity contribution in [2.75, 3.05) is 101 Å². The summed E-state index contributed by atoms with van der Waals surface area (Å²) in [5.74, 6) is 3.52. The molecular weight excluding hydrogens is 1020 g/mol. The largest absolute Gasteiger partial charge is 0.492 e. The molecule has 424 valence electrons. The molecule has 17 nitrogen and oxygen atoms in total. The molecule has 0 spiro atoms. The van der Waals surface area contributed by atoms with E-state index in [9.17, 15) is 14.0 Å². The number of piperidine rings is 1. The van der Waals surface area contributed by atoms with Gasteiger partial charge in [0.1, 0.15) is 30.0 Å². The highest BCUT2D eigenvalue weighted by Crippen LogP contribution is 2.42. The van der Waals surface area contributed by atoms with Crippen molar-refractivity contribution in [3.63, 3.8) is 0 Å². The third-order valence-electron chi connectivity index (χ3n) is 15.4. The van der Waals surface area contributed by atoms with Gasteiger partial charge in [0.05, 0.1) is 40.5 Å². The SMILES string of the molecule is CC1CN(CC=O)CCN1.CN1CC(C)(C)c2ncc(Cc3ccc(F)cc3)cc21.Cc1[nH]nc(Nc2ncnc3cc(OCCCC4CCN(c5ncc(C(=O)N6CCN(C)[C@H](C)C6)cn5)CC4)c(SC(C)(C)C)cc23)c1C. The number of piperazine rings is 2. The van der Waals surface area contributed by atoms with Gasteiger partial charge in [-0.1, -0.05) is 46.8 Å². The Hall–Kier alpha value is -6.28. The summed E-state index contributed by atoms with van der Waals surface area (Å²) in [5.41, 5.74) is 8.25. The first-order valence-corrected chi connectivity index (χ1v) is 28.8. The van der Waals surface area contributed by atoms with E-state index in [1.165, 1.54) is 29.1 Å². The van der Waals surface area contributed by atoms with Crippen molar-refractivity contribution >= 4 is 58.1 Å². The Morgan fingerprint density at radius 3 is 2.33 bits per heavy atom. The summed E-state index contributed by atoms with van der Waals surface area (Å²) in [5, 5.41) is 15.1. The van der Waals surface area contributed by atoms with E-state index < -0.39 is 0 Å². The standard InChI is InChI=1S/C36H50N10O2S.C17H19FN2.C7H14N2O/c1-23-21-46(15-14-44(23)7)34(47)27-19-37-35(38-20-27)45-12-10-26(11-13-45)9-8-16-48-30-18-29-28(17-31(30)49-36(4,5)6)33(40-22-39-29)41-32-24(2)25(3)42-43-32;1-17(2)11-20(3)15-9-13(10-19-16(15)17)8-12-4-6-14(18)7-5-12;1-7-6-9(4-5-10)3-2-8-7/h17-20,22-23,26H,8-16,21H2,1-7H3,(H2,39,40,41,42,43);4-7,9-10H,8,11H2,1-3H3;5,7-8H,2-4,6H2,1H3/t23-;;/m1../s1. The van der Waals surface area contributed by atoms with E-state index in [-0.39, 0.29) is 21.9 Å². The van der Waals surface area contributed by atoms with E-state index in [0.29, 0.717) is 42.7 Å². The molecular formula is C60H83FN14O3S. The number of fused-ring (bicyclic) bond motifs is 2. The third-order valence-corrected chi connectivity index (χ3v) is 16.5. The number of amides is 1. The fourth-order valence-corrected chi connectivity index (χ4v) is 11.7. The molecule has 4 aliphatic rings. The molecule has 3 saturated heterocycles. The van der Waals surface area contributed by atoms with Gasteiger partial charge < -0.3 is 39.8 Å². The number of benzene rings is 2. The number of pyridine rings is 1. The van der Waals surface area contributed by atoms with Crippen LogP contribution >= 0.6 is 11.8 Å². The van der Waals surface area contributed by atoms with Crippen LogP contribution in [0.15, 0.2) is 72.3 Å². The Labute approximate surface area is 471 Å². The molecule has 6 aromatic rings. The minimum absolute atomic E-state index is 0.00175. The maximum absolute atomic E-state index is 13.0. The molecule has 0 aliphatic carbocycles. The lowest BCUT2D eigenvalue weighted by molar-refractivity contribution is -0.109. The number of likely N-dealkylation sites (N-methyl/N-ethyl adjacent to an activating group) is 2. The molecule has 8 heterocycles. The third kappa shape index (κ3) is 15.8. The fourth-order valence-electron chi connectivity index (χ4n) is 10.7. The topological polar surface area (TPSA) is 177 Å². The molecule has 4 aliphatic heterocycles. The lowest BCUT2D eigenvalue weighted by Gasteiger charge is -2.37. The Morgan fingerprint density at radius 2 is 1.66 bits per heavy atom. The summed E-state index contributed by atoms with van der Waals surface area (Å²) in [7, 11) is 4.21. The Kier molecular flexibility index (Phi) is 19.6. The van der Waals surface area contributed by atoms with Crippen molar-refractivity contribution in [2.45, 2.75) is 122 Å². The zero-order chi connectivity index (χ0) is 56.4. The number of aromatic nitrogens is 7. The van der Waals surface area contributed by atoms with Crippen molar-refractivity contribution in [2.24, 2.45) is 5.92 Å². The molecule has 1 amide bonds. The molecule has 19 heteroatoms. The van der Waals surface area contributed by atoms with Gasteiger partial charge >= 0.3 is 0 Å². The lowest BCUT2D eigenvalue weighted by Crippen LogP contribution is -2.52. The molecule has 3 fully saturated rings. The molecule has 0 radical (unpaired) electrons. The van der Waals surface area contributed by atoms with E-state index >= 15 is 0 Å². The minimum atomic E-state index is -0.192. The summed E-state index contributed by atoms with van der Waals surface area (Å²) < 4.78 is 19.4. The number of nitrogens with zero attached hydrogens (tertiary/aromatic N) is 11. The number of H-pyrrole nitrogens is 1. The smallest absolute Gasteiger partial charge is 0.257 e. The molecule has 4 aromatic heterocycles. The summed E-state index contributed by atoms with van der Waals surface area (Å²) in [6.07, 6.45) is 12.9. The number of halogens is 1. The number of carbonyl (C=O) groups excluding carboxylic acids is 2. The second-order valence-corrected chi connectivity index (χ2v) is 25.4. The van der Waals surface area contributed by atoms with Gasteiger partial charge in [0.15, 0.2) is 5.82 Å². The van der Waals surface area contributed by atoms with Crippen LogP contribution in [-0.2, 0) is 16.6 Å². The van der Waals surface area contributed by atoms with E-state index in [1.807, 2.05) is 43.1 Å². The number of nitrogens with one attached hydrogen (secondary N) is 3. The average Bonchev–Trinajstić information content (AvgIpc) is 4.01. The number of carbonyl (C=O) groups is 2. The zero-order valence-corrected chi connectivity index (χ0v) is 49.2. The van der Waals surface area contributed by atoms with Crippen LogP contribution in [0.2, 0.25) is 0 Å². The number of hydrogen-bond acceptors (Lipinski definition) is 16. The molecule has 0 saturated carbocycles. The first kappa shape index (κ1) is 58.9. The Morgan fingerprint density at radius 1 is 0.911 bits per heavy atom. The van der Waals surface area contributed by atoms with Gasteiger partial charge in [0, 0.05) is 129 Å². The van der Waals surface area contributed by atoms with Gasteiger partial charge in [0.25, 0.3) is 5.91 Å². The van der Waals surface area contributed by atoms with Gasteiger partial charge in [-0.2, -0.15) is 5.10 Å². The second-order valence-electron chi connectivity index (χ2n) is 23.5. The molecule has 79 heavy (non-hydrogen) atoms. The second kappa shape index (κ2) is 26.3. The molecule has 3 N–H and O–H groups in total. The zero-order valence-electron chi connectivity index (χ0n) is 48.4. The normalized spacial score (nSPS) is 18.8. The summed E-state index contributed by atoms with van der Waals surface area (Å²) >= 11 is 1.79. The van der Waals surface area contributed by atoms with Crippen molar-refractivity contribution in [1.82, 2.24) is 55.1 Å². The predicted octanol–water partition coefficient (Wildman–Crippen LogP) is 9.26. The predicted molar refractivity (Wildman–Crippen MR) is 316 cm³/mol. The number of anilines is 4. The van der Waals surface area contributed by atoms with Gasteiger partial charge in [-0.3, -0.25) is 19.8 Å². The monoisotopic (exact) mass is 1100 g/mol. The van der Waals surface area contributed by atoms with Crippen LogP contribution in [0.5, 0.6) is 5.75 Å². The Balaban J connectivity index is 0.000000221. The summed E-state index contributed by atoms with van der Waals surface area (Å²) in [6, 6.07) is 14.0. The van der Waals surface area contributed by atoms with E-state index in [1.54, 1.807) is 30.5 Å². The van der Waals surface area contributed by atoms with Crippen LogP contribution in [0.1, 0.15) is 113 Å². The number of thioether (sulfide) groups is 1. The average molecular weight is 1100 g/mol. The number of aryl methyl sites for hydroxylation is 1. The highest BCUT2D eigenvalue weighted by atomic mass is 32.2. The number of aromatic amines is 1. The quantitative estimate of drug-likeness (QED) is 0.0534. The first-order chi connectivity index (χ1) is 37.7. The first-order valence-electron chi connectivity index (χ1n) is 28.0. The van der Waals surface area contributed by atoms with Crippen LogP contribution in [0.25, 0.3) is 10.9 Å². The van der Waals surface area contributed by atoms with Crippen LogP contribution in [-0.4, -0.2) is 165 Å². The van der Waals surface area contributed by atoms with E-state index in [4.69, 9.17) is 4.74 Å². The van der Waals surface area contributed by atoms with Gasteiger partial charge in [-0.25, -0.2) is 24.3 Å².